The molecule has 1 atom stereocenters. The highest BCUT2D eigenvalue weighted by atomic mass is 35.5. The van der Waals surface area contributed by atoms with Gasteiger partial charge in [0.05, 0.1) is 16.4 Å². The highest BCUT2D eigenvalue weighted by Crippen LogP contribution is 2.24. The van der Waals surface area contributed by atoms with E-state index in [-0.39, 0.29) is 18.5 Å². The molecule has 1 aromatic carbocycles. The van der Waals surface area contributed by atoms with Gasteiger partial charge in [0, 0.05) is 24.2 Å². The molecule has 0 fully saturated rings. The zero-order valence-corrected chi connectivity index (χ0v) is 13.1. The fourth-order valence-corrected chi connectivity index (χ4v) is 2.32. The van der Waals surface area contributed by atoms with Gasteiger partial charge in [0.2, 0.25) is 0 Å². The summed E-state index contributed by atoms with van der Waals surface area (Å²) >= 11 is 6.20. The molecule has 4 nitrogen and oxygen atoms in total. The molecule has 1 unspecified atom stereocenters. The molecular weight excluding hydrogens is 293 g/mol. The van der Waals surface area contributed by atoms with Crippen LogP contribution in [0.15, 0.2) is 18.2 Å². The van der Waals surface area contributed by atoms with Crippen molar-refractivity contribution in [1.29, 1.82) is 0 Å². The van der Waals surface area contributed by atoms with Gasteiger partial charge in [-0.3, -0.25) is 4.68 Å². The van der Waals surface area contributed by atoms with Crippen molar-refractivity contribution in [2.24, 2.45) is 5.73 Å². The summed E-state index contributed by atoms with van der Waals surface area (Å²) in [7, 11) is 0. The number of benzene rings is 1. The largest absolute Gasteiger partial charge is 0.487 e. The Hall–Kier alpha value is -1.59. The lowest BCUT2D eigenvalue weighted by Gasteiger charge is -2.11. The third-order valence-electron chi connectivity index (χ3n) is 3.29. The number of hydrogen-bond acceptors (Lipinski definition) is 3. The van der Waals surface area contributed by atoms with Gasteiger partial charge in [0.15, 0.2) is 0 Å². The minimum atomic E-state index is -0.367. The quantitative estimate of drug-likeness (QED) is 0.918. The lowest BCUT2D eigenvalue weighted by Crippen LogP contribution is -2.09. The first-order chi connectivity index (χ1) is 9.93. The van der Waals surface area contributed by atoms with Gasteiger partial charge >= 0.3 is 0 Å². The maximum atomic E-state index is 13.9. The standard InChI is InChI=1S/C15H19ClFN3O/c1-4-20-14(15(16)10(3)19-20)8-21-11-5-6-12(9(2)18)13(17)7-11/h5-7,9H,4,8,18H2,1-3H3. The molecule has 0 aliphatic rings. The summed E-state index contributed by atoms with van der Waals surface area (Å²) in [6.07, 6.45) is 0. The van der Waals surface area contributed by atoms with Gasteiger partial charge in [-0.1, -0.05) is 17.7 Å². The van der Waals surface area contributed by atoms with Gasteiger partial charge in [-0.05, 0) is 26.8 Å². The number of ether oxygens (including phenoxy) is 1. The Kier molecular flexibility index (Phi) is 4.85. The average molecular weight is 312 g/mol. The van der Waals surface area contributed by atoms with E-state index in [0.717, 1.165) is 11.4 Å². The van der Waals surface area contributed by atoms with Crippen molar-refractivity contribution in [2.45, 2.75) is 40.0 Å². The Morgan fingerprint density at radius 3 is 2.76 bits per heavy atom. The Labute approximate surface area is 128 Å². The molecule has 114 valence electrons. The number of hydrogen-bond donors (Lipinski definition) is 1. The summed E-state index contributed by atoms with van der Waals surface area (Å²) in [5.74, 6) is 0.0725. The van der Waals surface area contributed by atoms with Gasteiger partial charge in [-0.15, -0.1) is 0 Å². The van der Waals surface area contributed by atoms with Crippen molar-refractivity contribution in [3.8, 4) is 5.75 Å². The summed E-state index contributed by atoms with van der Waals surface area (Å²) < 4.78 is 21.3. The Morgan fingerprint density at radius 2 is 2.19 bits per heavy atom. The molecule has 2 aromatic rings. The van der Waals surface area contributed by atoms with Crippen molar-refractivity contribution < 1.29 is 9.13 Å². The predicted molar refractivity (Wildman–Crippen MR) is 81.0 cm³/mol. The van der Waals surface area contributed by atoms with Gasteiger partial charge in [0.25, 0.3) is 0 Å². The average Bonchev–Trinajstić information content (AvgIpc) is 2.71. The van der Waals surface area contributed by atoms with Crippen molar-refractivity contribution in [2.75, 3.05) is 0 Å². The van der Waals surface area contributed by atoms with E-state index in [2.05, 4.69) is 5.10 Å². The molecule has 1 aromatic heterocycles. The summed E-state index contributed by atoms with van der Waals surface area (Å²) in [4.78, 5) is 0. The van der Waals surface area contributed by atoms with Crippen LogP contribution in [0.4, 0.5) is 4.39 Å². The van der Waals surface area contributed by atoms with Crippen molar-refractivity contribution in [3.63, 3.8) is 0 Å². The number of halogens is 2. The second-order valence-electron chi connectivity index (χ2n) is 4.92. The molecule has 0 saturated heterocycles. The fourth-order valence-electron chi connectivity index (χ4n) is 2.13. The maximum Gasteiger partial charge on any atom is 0.131 e. The Morgan fingerprint density at radius 1 is 1.48 bits per heavy atom. The van der Waals surface area contributed by atoms with Gasteiger partial charge in [0.1, 0.15) is 18.2 Å². The summed E-state index contributed by atoms with van der Waals surface area (Å²) in [6, 6.07) is 4.33. The van der Waals surface area contributed by atoms with E-state index in [1.807, 2.05) is 13.8 Å². The molecule has 0 amide bonds. The normalized spacial score (nSPS) is 12.5. The van der Waals surface area contributed by atoms with Crippen LogP contribution in [-0.4, -0.2) is 9.78 Å². The highest BCUT2D eigenvalue weighted by Gasteiger charge is 2.14. The van der Waals surface area contributed by atoms with E-state index in [4.69, 9.17) is 22.1 Å². The molecule has 2 N–H and O–H groups in total. The predicted octanol–water partition coefficient (Wildman–Crippen LogP) is 3.60. The molecule has 21 heavy (non-hydrogen) atoms. The lowest BCUT2D eigenvalue weighted by molar-refractivity contribution is 0.291. The molecule has 0 saturated carbocycles. The first-order valence-corrected chi connectivity index (χ1v) is 7.21. The number of aryl methyl sites for hydroxylation is 2. The van der Waals surface area contributed by atoms with E-state index in [0.29, 0.717) is 22.9 Å². The minimum absolute atomic E-state index is 0.241. The van der Waals surface area contributed by atoms with Gasteiger partial charge < -0.3 is 10.5 Å². The summed E-state index contributed by atoms with van der Waals surface area (Å²) in [6.45, 7) is 6.49. The number of nitrogens with two attached hydrogens (primary N) is 1. The third-order valence-corrected chi connectivity index (χ3v) is 3.78. The lowest BCUT2D eigenvalue weighted by atomic mass is 10.1. The van der Waals surface area contributed by atoms with Crippen LogP contribution in [0.1, 0.15) is 36.8 Å². The molecule has 1 heterocycles. The van der Waals surface area contributed by atoms with E-state index < -0.39 is 0 Å². The van der Waals surface area contributed by atoms with Crippen LogP contribution in [0.2, 0.25) is 5.02 Å². The van der Waals surface area contributed by atoms with E-state index >= 15 is 0 Å². The molecule has 0 aliphatic heterocycles. The Bertz CT molecular complexity index is 640. The second-order valence-corrected chi connectivity index (χ2v) is 5.30. The molecule has 0 radical (unpaired) electrons. The first-order valence-electron chi connectivity index (χ1n) is 6.83. The fraction of sp³-hybridized carbons (Fsp3) is 0.400. The van der Waals surface area contributed by atoms with Crippen LogP contribution < -0.4 is 10.5 Å². The molecule has 0 spiro atoms. The zero-order chi connectivity index (χ0) is 15.6. The van der Waals surface area contributed by atoms with Crippen LogP contribution in [0.5, 0.6) is 5.75 Å². The molecule has 6 heteroatoms. The molecular formula is C15H19ClFN3O. The SMILES string of the molecule is CCn1nc(C)c(Cl)c1COc1ccc(C(C)N)c(F)c1. The third kappa shape index (κ3) is 3.36. The monoisotopic (exact) mass is 311 g/mol. The maximum absolute atomic E-state index is 13.9. The van der Waals surface area contributed by atoms with E-state index in [1.54, 1.807) is 23.7 Å². The molecule has 0 bridgehead atoms. The van der Waals surface area contributed by atoms with Crippen LogP contribution in [-0.2, 0) is 13.2 Å². The van der Waals surface area contributed by atoms with Gasteiger partial charge in [-0.25, -0.2) is 4.39 Å². The van der Waals surface area contributed by atoms with E-state index in [9.17, 15) is 4.39 Å². The summed E-state index contributed by atoms with van der Waals surface area (Å²) in [5, 5.41) is 4.90. The minimum Gasteiger partial charge on any atom is -0.487 e. The Balaban J connectivity index is 2.15. The van der Waals surface area contributed by atoms with Crippen molar-refractivity contribution >= 4 is 11.6 Å². The summed E-state index contributed by atoms with van der Waals surface area (Å²) in [5.41, 5.74) is 7.69. The van der Waals surface area contributed by atoms with Crippen LogP contribution in [0.3, 0.4) is 0 Å². The van der Waals surface area contributed by atoms with Crippen molar-refractivity contribution in [1.82, 2.24) is 9.78 Å². The number of aromatic nitrogens is 2. The first kappa shape index (κ1) is 15.8. The number of nitrogens with zero attached hydrogens (tertiary/aromatic N) is 2. The van der Waals surface area contributed by atoms with Crippen LogP contribution in [0, 0.1) is 12.7 Å². The molecule has 0 aliphatic carbocycles. The number of rotatable bonds is 5. The second kappa shape index (κ2) is 6.45. The van der Waals surface area contributed by atoms with Crippen LogP contribution in [0.25, 0.3) is 0 Å². The molecule has 2 rings (SSSR count). The highest BCUT2D eigenvalue weighted by molar-refractivity contribution is 6.31. The van der Waals surface area contributed by atoms with Crippen molar-refractivity contribution in [3.05, 3.63) is 46.0 Å². The smallest absolute Gasteiger partial charge is 0.131 e. The van der Waals surface area contributed by atoms with Crippen LogP contribution >= 0.6 is 11.6 Å². The zero-order valence-electron chi connectivity index (χ0n) is 12.4. The van der Waals surface area contributed by atoms with E-state index in [1.165, 1.54) is 6.07 Å². The van der Waals surface area contributed by atoms with Gasteiger partial charge in [-0.2, -0.15) is 5.10 Å². The topological polar surface area (TPSA) is 53.1 Å².